The van der Waals surface area contributed by atoms with E-state index < -0.39 is 0 Å². The molecule has 0 aliphatic carbocycles. The molecule has 0 aromatic heterocycles. The number of halogens is 2. The summed E-state index contributed by atoms with van der Waals surface area (Å²) in [5.41, 5.74) is 0. The van der Waals surface area contributed by atoms with Crippen LogP contribution in [0, 0.1) is 0 Å². The maximum atomic E-state index is 0. The molecule has 0 rings (SSSR count). The standard InChI is InChI=1S/2Al.2FH.K.Na.8H/h;;2*1H;;;;;;;;;;. The zero-order valence-corrected chi connectivity index (χ0v) is 0.816. The van der Waals surface area contributed by atoms with E-state index in [1.807, 2.05) is 0 Å². The van der Waals surface area contributed by atoms with Gasteiger partial charge in [-0.1, -0.05) is 0 Å². The van der Waals surface area contributed by atoms with Crippen LogP contribution in [0.4, 0.5) is 9.41 Å². The van der Waals surface area contributed by atoms with Crippen molar-refractivity contribution < 1.29 is 9.41 Å². The molecule has 0 bridgehead atoms. The molecule has 0 unspecified atom stereocenters. The van der Waals surface area contributed by atoms with Crippen LogP contribution in [-0.4, -0.2) is 116 Å². The van der Waals surface area contributed by atoms with Crippen LogP contribution in [0.2, 0.25) is 0 Å². The van der Waals surface area contributed by atoms with Crippen molar-refractivity contribution >= 4 is 116 Å². The van der Waals surface area contributed by atoms with Gasteiger partial charge in [-0.2, -0.15) is 0 Å². The molecule has 6 heteroatoms. The van der Waals surface area contributed by atoms with Gasteiger partial charge in [-0.15, -0.1) is 0 Å². The third-order valence-corrected chi connectivity index (χ3v) is 0. The molecule has 0 heterocycles. The van der Waals surface area contributed by atoms with Crippen molar-refractivity contribution in [2.24, 2.45) is 0 Å². The fraction of sp³-hybridized carbons (Fsp3) is 0. The fourth-order valence-electron chi connectivity index (χ4n) is 0. The van der Waals surface area contributed by atoms with Crippen LogP contribution in [0.25, 0.3) is 0 Å². The van der Waals surface area contributed by atoms with E-state index >= 15 is 0 Å². The summed E-state index contributed by atoms with van der Waals surface area (Å²) in [7, 11) is 0. The maximum absolute atomic E-state index is 0. The molecule has 0 saturated heterocycles. The first-order valence-electron chi connectivity index (χ1n) is 0. The molecule has 32 valence electrons. The zero-order valence-electron chi connectivity index (χ0n) is 0.816. The molecule has 0 spiro atoms. The van der Waals surface area contributed by atoms with Crippen molar-refractivity contribution in [1.29, 1.82) is 0 Å². The first kappa shape index (κ1) is 55.3. The van der Waals surface area contributed by atoms with Gasteiger partial charge in [0.25, 0.3) is 0 Å². The summed E-state index contributed by atoms with van der Waals surface area (Å²) in [5, 5.41) is 0. The Labute approximate surface area is 122 Å². The minimum absolute atomic E-state index is 0. The molecule has 0 nitrogen and oxygen atoms in total. The summed E-state index contributed by atoms with van der Waals surface area (Å²) in [6, 6.07) is 0. The van der Waals surface area contributed by atoms with Crippen molar-refractivity contribution in [3.8, 4) is 0 Å². The van der Waals surface area contributed by atoms with Crippen LogP contribution < -0.4 is 0 Å². The van der Waals surface area contributed by atoms with Gasteiger partial charge in [0, 0.05) is 0 Å². The molecule has 0 fully saturated rings. The predicted molar refractivity (Wildman–Crippen MR) is 39.2 cm³/mol. The molecule has 0 saturated carbocycles. The van der Waals surface area contributed by atoms with E-state index in [1.54, 1.807) is 0 Å². The van der Waals surface area contributed by atoms with Crippen LogP contribution in [0.1, 0.15) is 0 Å². The van der Waals surface area contributed by atoms with Gasteiger partial charge in [-0.3, -0.25) is 9.41 Å². The van der Waals surface area contributed by atoms with Crippen molar-refractivity contribution in [1.82, 2.24) is 0 Å². The number of hydrogen-bond donors (Lipinski definition) is 0. The van der Waals surface area contributed by atoms with Crippen molar-refractivity contribution in [2.45, 2.75) is 0 Å². The Morgan fingerprint density at radius 1 is 0.667 bits per heavy atom. The topological polar surface area (TPSA) is 0 Å². The Balaban J connectivity index is 0. The second-order valence-corrected chi connectivity index (χ2v) is 0. The average molecular weight is 164 g/mol. The summed E-state index contributed by atoms with van der Waals surface area (Å²) in [5.74, 6) is 0. The minimum atomic E-state index is 0. The van der Waals surface area contributed by atoms with E-state index in [9.17, 15) is 0 Å². The quantitative estimate of drug-likeness (QED) is 0.328. The van der Waals surface area contributed by atoms with Gasteiger partial charge in [0.1, 0.15) is 0 Å². The molecule has 6 heavy (non-hydrogen) atoms. The van der Waals surface area contributed by atoms with Crippen molar-refractivity contribution in [3.05, 3.63) is 0 Å². The van der Waals surface area contributed by atoms with Gasteiger partial charge in [0.2, 0.25) is 0 Å². The van der Waals surface area contributed by atoms with E-state index in [-0.39, 0.29) is 125 Å². The van der Waals surface area contributed by atoms with Crippen LogP contribution in [-0.2, 0) is 0 Å². The predicted octanol–water partition coefficient (Wildman–Crippen LogP) is -3.36. The molecule has 0 radical (unpaired) electrons. The van der Waals surface area contributed by atoms with Crippen LogP contribution >= 0.6 is 0 Å². The molecule has 0 amide bonds. The molecule has 0 aliphatic rings. The fourth-order valence-corrected chi connectivity index (χ4v) is 0. The van der Waals surface area contributed by atoms with E-state index in [4.69, 9.17) is 0 Å². The molecule has 0 aromatic carbocycles. The van der Waals surface area contributed by atoms with E-state index in [0.29, 0.717) is 0 Å². The van der Waals surface area contributed by atoms with Gasteiger partial charge < -0.3 is 0 Å². The van der Waals surface area contributed by atoms with Crippen LogP contribution in [0.15, 0.2) is 0 Å². The normalized spacial score (nSPS) is 0. The Bertz CT molecular complexity index is 11.5. The molecule has 0 N–H and O–H groups in total. The van der Waals surface area contributed by atoms with E-state index in [1.165, 1.54) is 0 Å². The molecular formula is H10Al2F2KNa. The third kappa shape index (κ3) is 25.7. The summed E-state index contributed by atoms with van der Waals surface area (Å²) in [6.07, 6.45) is 0. The van der Waals surface area contributed by atoms with Gasteiger partial charge in [0.15, 0.2) is 34.7 Å². The summed E-state index contributed by atoms with van der Waals surface area (Å²) in [6.45, 7) is 0. The molecule has 0 atom stereocenters. The molecular weight excluding hydrogens is 154 g/mol. The van der Waals surface area contributed by atoms with Crippen molar-refractivity contribution in [3.63, 3.8) is 0 Å². The summed E-state index contributed by atoms with van der Waals surface area (Å²) >= 11 is 0. The summed E-state index contributed by atoms with van der Waals surface area (Å²) < 4.78 is 0. The SMILES string of the molecule is F.F.[AlH3].[AlH3].[KH].[NaH]. The molecule has 0 aliphatic heterocycles. The Kier molecular flexibility index (Phi) is 355. The second-order valence-electron chi connectivity index (χ2n) is 0. The van der Waals surface area contributed by atoms with Crippen LogP contribution in [0.3, 0.4) is 0 Å². The van der Waals surface area contributed by atoms with Gasteiger partial charge in [-0.05, 0) is 0 Å². The van der Waals surface area contributed by atoms with Crippen LogP contribution in [0.5, 0.6) is 0 Å². The van der Waals surface area contributed by atoms with Gasteiger partial charge >= 0.3 is 80.9 Å². The first-order chi connectivity index (χ1) is 0. The Hall–Kier alpha value is 3.56. The average Bonchev–Trinajstić information content (AvgIpc) is 0. The van der Waals surface area contributed by atoms with E-state index in [0.717, 1.165) is 0 Å². The first-order valence-corrected chi connectivity index (χ1v) is 0. The molecule has 0 aromatic rings. The third-order valence-electron chi connectivity index (χ3n) is 0. The Morgan fingerprint density at radius 2 is 0.667 bits per heavy atom. The zero-order chi connectivity index (χ0) is 0. The van der Waals surface area contributed by atoms with Crippen molar-refractivity contribution in [2.75, 3.05) is 0 Å². The monoisotopic (exact) mass is 164 g/mol. The second kappa shape index (κ2) is 38.6. The van der Waals surface area contributed by atoms with E-state index in [2.05, 4.69) is 0 Å². The number of hydrogen-bond acceptors (Lipinski definition) is 0. The van der Waals surface area contributed by atoms with Gasteiger partial charge in [-0.25, -0.2) is 0 Å². The Morgan fingerprint density at radius 3 is 0.667 bits per heavy atom. The van der Waals surface area contributed by atoms with Gasteiger partial charge in [0.05, 0.1) is 0 Å². The summed E-state index contributed by atoms with van der Waals surface area (Å²) in [4.78, 5) is 0. The number of rotatable bonds is 0.